The first-order valence-electron chi connectivity index (χ1n) is 12.3. The number of thiazole rings is 1. The molecule has 0 spiro atoms. The van der Waals surface area contributed by atoms with Crippen LogP contribution in [0.4, 0.5) is 5.13 Å². The van der Waals surface area contributed by atoms with Crippen LogP contribution >= 0.6 is 46.0 Å². The van der Waals surface area contributed by atoms with Crippen LogP contribution in [0.5, 0.6) is 0 Å². The van der Waals surface area contributed by atoms with Gasteiger partial charge in [-0.15, -0.1) is 22.7 Å². The highest BCUT2D eigenvalue weighted by Gasteiger charge is 2.19. The summed E-state index contributed by atoms with van der Waals surface area (Å²) in [7, 11) is 0. The summed E-state index contributed by atoms with van der Waals surface area (Å²) in [5.74, 6) is -0.157. The molecule has 0 fully saturated rings. The standard InChI is InChI=1S/C30H21ClN4O2S3/c31-24-14-8-7-11-20(24)15-22-16-32-29(40-22)33-25(36)18-39-30-34-27-26(23(17-38-27)19-9-3-1-4-10-19)28(37)35(30)21-12-5-2-6-13-21/h1-14,16-17H,15,18H2,(H,32,33,36). The lowest BCUT2D eigenvalue weighted by atomic mass is 10.1. The molecule has 0 saturated carbocycles. The largest absolute Gasteiger partial charge is 0.301 e. The molecular formula is C30H21ClN4O2S3. The van der Waals surface area contributed by atoms with E-state index in [0.29, 0.717) is 37.6 Å². The Balaban J connectivity index is 1.25. The van der Waals surface area contributed by atoms with Gasteiger partial charge in [0.25, 0.3) is 5.56 Å². The topological polar surface area (TPSA) is 76.9 Å². The molecule has 6 aromatic rings. The fourth-order valence-corrected chi connectivity index (χ4v) is 7.12. The third kappa shape index (κ3) is 5.59. The molecule has 0 saturated heterocycles. The van der Waals surface area contributed by atoms with Crippen molar-refractivity contribution in [3.63, 3.8) is 0 Å². The van der Waals surface area contributed by atoms with Gasteiger partial charge < -0.3 is 5.32 Å². The third-order valence-corrected chi connectivity index (χ3v) is 9.22. The van der Waals surface area contributed by atoms with Gasteiger partial charge in [0, 0.05) is 33.5 Å². The van der Waals surface area contributed by atoms with Crippen LogP contribution in [0.25, 0.3) is 27.0 Å². The van der Waals surface area contributed by atoms with Crippen molar-refractivity contribution in [1.29, 1.82) is 0 Å². The number of halogens is 1. The molecule has 198 valence electrons. The SMILES string of the molecule is O=C(CSc1nc2scc(-c3ccccc3)c2c(=O)n1-c1ccccc1)Nc1ncc(Cc2ccccc2Cl)s1. The van der Waals surface area contributed by atoms with E-state index in [9.17, 15) is 9.59 Å². The number of thiophene rings is 1. The maximum atomic E-state index is 13.9. The Labute approximate surface area is 247 Å². The first-order chi connectivity index (χ1) is 19.6. The number of hydrogen-bond acceptors (Lipinski definition) is 7. The van der Waals surface area contributed by atoms with Gasteiger partial charge in [-0.05, 0) is 29.3 Å². The van der Waals surface area contributed by atoms with E-state index >= 15 is 0 Å². The number of thioether (sulfide) groups is 1. The molecule has 6 rings (SSSR count). The highest BCUT2D eigenvalue weighted by molar-refractivity contribution is 7.99. The molecule has 0 aliphatic carbocycles. The second-order valence-electron chi connectivity index (χ2n) is 8.80. The number of hydrogen-bond donors (Lipinski definition) is 1. The minimum Gasteiger partial charge on any atom is -0.301 e. The first-order valence-corrected chi connectivity index (χ1v) is 15.4. The van der Waals surface area contributed by atoms with Gasteiger partial charge >= 0.3 is 0 Å². The van der Waals surface area contributed by atoms with Gasteiger partial charge in [-0.3, -0.25) is 14.2 Å². The molecule has 0 aliphatic rings. The fraction of sp³-hybridized carbons (Fsp3) is 0.0667. The fourth-order valence-electron chi connectivity index (χ4n) is 4.27. The minimum absolute atomic E-state index is 0.0706. The van der Waals surface area contributed by atoms with Crippen molar-refractivity contribution in [2.24, 2.45) is 0 Å². The predicted molar refractivity (Wildman–Crippen MR) is 166 cm³/mol. The molecule has 3 aromatic heterocycles. The van der Waals surface area contributed by atoms with E-state index in [2.05, 4.69) is 10.3 Å². The van der Waals surface area contributed by atoms with E-state index < -0.39 is 0 Å². The van der Waals surface area contributed by atoms with Crippen molar-refractivity contribution in [2.75, 3.05) is 11.1 Å². The van der Waals surface area contributed by atoms with Crippen LogP contribution in [-0.2, 0) is 11.2 Å². The van der Waals surface area contributed by atoms with Gasteiger partial charge in [0.05, 0.1) is 16.8 Å². The van der Waals surface area contributed by atoms with E-state index in [-0.39, 0.29) is 17.2 Å². The van der Waals surface area contributed by atoms with Gasteiger partial charge in [-0.2, -0.15) is 0 Å². The number of nitrogens with one attached hydrogen (secondary N) is 1. The Morgan fingerprint density at radius 3 is 2.48 bits per heavy atom. The Kier molecular flexibility index (Phi) is 7.79. The normalized spacial score (nSPS) is 11.1. The van der Waals surface area contributed by atoms with E-state index in [0.717, 1.165) is 21.6 Å². The molecule has 0 bridgehead atoms. The average Bonchev–Trinajstić information content (AvgIpc) is 3.61. The molecule has 1 N–H and O–H groups in total. The summed E-state index contributed by atoms with van der Waals surface area (Å²) in [4.78, 5) is 37.6. The van der Waals surface area contributed by atoms with Crippen LogP contribution < -0.4 is 10.9 Å². The Morgan fingerprint density at radius 1 is 0.975 bits per heavy atom. The Bertz CT molecular complexity index is 1870. The van der Waals surface area contributed by atoms with Crippen molar-refractivity contribution in [3.05, 3.63) is 122 Å². The minimum atomic E-state index is -0.228. The molecule has 3 aromatic carbocycles. The smallest absolute Gasteiger partial charge is 0.268 e. The van der Waals surface area contributed by atoms with Crippen LogP contribution in [0, 0.1) is 0 Å². The van der Waals surface area contributed by atoms with Gasteiger partial charge in [-0.25, -0.2) is 9.97 Å². The van der Waals surface area contributed by atoms with Crippen LogP contribution in [0.1, 0.15) is 10.4 Å². The molecule has 0 atom stereocenters. The number of anilines is 1. The number of aromatic nitrogens is 3. The average molecular weight is 601 g/mol. The Hall–Kier alpha value is -3.76. The van der Waals surface area contributed by atoms with Gasteiger partial charge in [0.2, 0.25) is 5.91 Å². The number of rotatable bonds is 8. The molecule has 0 radical (unpaired) electrons. The number of amides is 1. The number of fused-ring (bicyclic) bond motifs is 1. The zero-order valence-corrected chi connectivity index (χ0v) is 24.1. The van der Waals surface area contributed by atoms with Gasteiger partial charge in [0.15, 0.2) is 10.3 Å². The molecule has 1 amide bonds. The number of carbonyl (C=O) groups is 1. The monoisotopic (exact) mass is 600 g/mol. The van der Waals surface area contributed by atoms with Crippen molar-refractivity contribution in [3.8, 4) is 16.8 Å². The molecule has 40 heavy (non-hydrogen) atoms. The maximum absolute atomic E-state index is 13.9. The molecule has 6 nitrogen and oxygen atoms in total. The van der Waals surface area contributed by atoms with Gasteiger partial charge in [-0.1, -0.05) is 90.1 Å². The lowest BCUT2D eigenvalue weighted by molar-refractivity contribution is -0.113. The summed E-state index contributed by atoms with van der Waals surface area (Å²) in [6.45, 7) is 0. The summed E-state index contributed by atoms with van der Waals surface area (Å²) in [6.07, 6.45) is 2.39. The molecule has 3 heterocycles. The zero-order chi connectivity index (χ0) is 27.5. The highest BCUT2D eigenvalue weighted by Crippen LogP contribution is 2.33. The summed E-state index contributed by atoms with van der Waals surface area (Å²) in [6, 6.07) is 26.9. The maximum Gasteiger partial charge on any atom is 0.268 e. The molecular weight excluding hydrogens is 580 g/mol. The quantitative estimate of drug-likeness (QED) is 0.144. The second-order valence-corrected chi connectivity index (χ2v) is 12.1. The Morgan fingerprint density at radius 2 is 1.70 bits per heavy atom. The summed E-state index contributed by atoms with van der Waals surface area (Å²) >= 11 is 10.3. The van der Waals surface area contributed by atoms with E-state index in [4.69, 9.17) is 16.6 Å². The van der Waals surface area contributed by atoms with Crippen molar-refractivity contribution in [1.82, 2.24) is 14.5 Å². The summed E-state index contributed by atoms with van der Waals surface area (Å²) in [5.41, 5.74) is 3.35. The van der Waals surface area contributed by atoms with E-state index in [1.807, 2.05) is 90.3 Å². The van der Waals surface area contributed by atoms with Crippen molar-refractivity contribution < 1.29 is 4.79 Å². The number of nitrogens with zero attached hydrogens (tertiary/aromatic N) is 3. The predicted octanol–water partition coefficient (Wildman–Crippen LogP) is 7.55. The number of benzene rings is 3. The van der Waals surface area contributed by atoms with Crippen LogP contribution in [0.2, 0.25) is 5.02 Å². The number of para-hydroxylation sites is 1. The lowest BCUT2D eigenvalue weighted by Gasteiger charge is -2.12. The second kappa shape index (κ2) is 11.8. The van der Waals surface area contributed by atoms with E-state index in [1.165, 1.54) is 34.4 Å². The highest BCUT2D eigenvalue weighted by atomic mass is 35.5. The number of carbonyl (C=O) groups excluding carboxylic acids is 1. The van der Waals surface area contributed by atoms with Crippen LogP contribution in [-0.4, -0.2) is 26.2 Å². The summed E-state index contributed by atoms with van der Waals surface area (Å²) < 4.78 is 1.59. The zero-order valence-electron chi connectivity index (χ0n) is 20.9. The molecule has 0 aliphatic heterocycles. The first kappa shape index (κ1) is 26.5. The molecule has 10 heteroatoms. The summed E-state index contributed by atoms with van der Waals surface area (Å²) in [5, 5.41) is 7.08. The van der Waals surface area contributed by atoms with Gasteiger partial charge in [0.1, 0.15) is 4.83 Å². The lowest BCUT2D eigenvalue weighted by Crippen LogP contribution is -2.22. The third-order valence-electron chi connectivity index (χ3n) is 6.13. The molecule has 0 unspecified atom stereocenters. The van der Waals surface area contributed by atoms with E-state index in [1.54, 1.807) is 10.8 Å². The van der Waals surface area contributed by atoms with Crippen LogP contribution in [0.3, 0.4) is 0 Å². The van der Waals surface area contributed by atoms with Crippen molar-refractivity contribution in [2.45, 2.75) is 11.6 Å². The van der Waals surface area contributed by atoms with Crippen LogP contribution in [0.15, 0.2) is 106 Å². The van der Waals surface area contributed by atoms with Crippen molar-refractivity contribution >= 4 is 67.3 Å².